The van der Waals surface area contributed by atoms with E-state index >= 15 is 0 Å². The van der Waals surface area contributed by atoms with Crippen LogP contribution < -0.4 is 15.4 Å². The fourth-order valence-corrected chi connectivity index (χ4v) is 3.67. The van der Waals surface area contributed by atoms with Crippen molar-refractivity contribution in [1.82, 2.24) is 25.1 Å². The van der Waals surface area contributed by atoms with Crippen LogP contribution in [-0.4, -0.2) is 43.9 Å². The number of nitrogens with one attached hydrogen (secondary N) is 2. The van der Waals surface area contributed by atoms with Crippen LogP contribution in [-0.2, 0) is 18.4 Å². The van der Waals surface area contributed by atoms with Gasteiger partial charge in [-0.15, -0.1) is 21.5 Å². The van der Waals surface area contributed by atoms with Gasteiger partial charge in [0, 0.05) is 24.2 Å². The van der Waals surface area contributed by atoms with Crippen molar-refractivity contribution in [2.24, 2.45) is 7.05 Å². The van der Waals surface area contributed by atoms with Gasteiger partial charge in [-0.25, -0.2) is 4.98 Å². The third-order valence-electron chi connectivity index (χ3n) is 4.00. The summed E-state index contributed by atoms with van der Waals surface area (Å²) >= 11 is 2.64. The molecule has 3 aromatic rings. The second kappa shape index (κ2) is 9.52. The predicted octanol–water partition coefficient (Wildman–Crippen LogP) is 2.33. The Kier molecular flexibility index (Phi) is 6.83. The zero-order valence-electron chi connectivity index (χ0n) is 16.1. The van der Waals surface area contributed by atoms with E-state index in [4.69, 9.17) is 4.74 Å². The zero-order chi connectivity index (χ0) is 20.8. The highest BCUT2D eigenvalue weighted by Crippen LogP contribution is 2.23. The highest BCUT2D eigenvalue weighted by Gasteiger charge is 2.20. The molecule has 0 aliphatic rings. The molecule has 1 unspecified atom stereocenters. The molecule has 3 rings (SSSR count). The molecule has 152 valence electrons. The first-order chi connectivity index (χ1) is 14.0. The number of amides is 2. The summed E-state index contributed by atoms with van der Waals surface area (Å²) in [6.45, 7) is 2.00. The van der Waals surface area contributed by atoms with Crippen molar-refractivity contribution in [2.45, 2.75) is 23.9 Å². The van der Waals surface area contributed by atoms with Crippen molar-refractivity contribution in [3.63, 3.8) is 0 Å². The fraction of sp³-hybridized carbons (Fsp3) is 0.278. The highest BCUT2D eigenvalue weighted by molar-refractivity contribution is 8.00. The third-order valence-corrected chi connectivity index (χ3v) is 5.82. The van der Waals surface area contributed by atoms with Gasteiger partial charge in [0.15, 0.2) is 16.1 Å². The second-order valence-corrected chi connectivity index (χ2v) is 8.16. The molecular weight excluding hydrogens is 412 g/mol. The topological polar surface area (TPSA) is 111 Å². The number of thioether (sulfide) groups is 1. The maximum absolute atomic E-state index is 12.3. The van der Waals surface area contributed by atoms with Crippen LogP contribution in [0.2, 0.25) is 0 Å². The van der Waals surface area contributed by atoms with Crippen molar-refractivity contribution in [2.75, 3.05) is 12.4 Å². The van der Waals surface area contributed by atoms with E-state index < -0.39 is 0 Å². The van der Waals surface area contributed by atoms with Crippen molar-refractivity contribution >= 4 is 40.0 Å². The molecule has 0 saturated carbocycles. The molecule has 0 fully saturated rings. The van der Waals surface area contributed by atoms with Crippen LogP contribution in [0.3, 0.4) is 0 Å². The zero-order valence-corrected chi connectivity index (χ0v) is 17.7. The number of hydrogen-bond acceptors (Lipinski definition) is 8. The van der Waals surface area contributed by atoms with Crippen LogP contribution in [0, 0.1) is 0 Å². The molecule has 0 radical (unpaired) electrons. The lowest BCUT2D eigenvalue weighted by Crippen LogP contribution is -2.24. The maximum Gasteiger partial charge on any atom is 0.251 e. The number of methoxy groups -OCH3 is 1. The van der Waals surface area contributed by atoms with Crippen molar-refractivity contribution < 1.29 is 14.3 Å². The molecule has 0 bridgehead atoms. The van der Waals surface area contributed by atoms with Gasteiger partial charge in [0.2, 0.25) is 5.91 Å². The Morgan fingerprint density at radius 3 is 2.69 bits per heavy atom. The average Bonchev–Trinajstić information content (AvgIpc) is 3.36. The molecule has 2 heterocycles. The molecule has 2 amide bonds. The molecule has 2 N–H and O–H groups in total. The maximum atomic E-state index is 12.3. The quantitative estimate of drug-likeness (QED) is 0.526. The van der Waals surface area contributed by atoms with E-state index in [9.17, 15) is 9.59 Å². The molecule has 11 heteroatoms. The minimum absolute atomic E-state index is 0.165. The Labute approximate surface area is 175 Å². The lowest BCUT2D eigenvalue weighted by atomic mass is 10.2. The average molecular weight is 433 g/mol. The molecular formula is C18H20N6O3S2. The first kappa shape index (κ1) is 20.8. The van der Waals surface area contributed by atoms with Gasteiger partial charge >= 0.3 is 0 Å². The number of carbonyl (C=O) groups excluding carboxylic acids is 2. The molecule has 0 spiro atoms. The molecule has 9 nitrogen and oxygen atoms in total. The monoisotopic (exact) mass is 432 g/mol. The number of hydrogen-bond donors (Lipinski definition) is 2. The normalized spacial score (nSPS) is 11.7. The number of carbonyl (C=O) groups is 2. The predicted molar refractivity (Wildman–Crippen MR) is 111 cm³/mol. The van der Waals surface area contributed by atoms with Gasteiger partial charge in [-0.1, -0.05) is 11.8 Å². The van der Waals surface area contributed by atoms with E-state index in [0.717, 1.165) is 0 Å². The second-order valence-electron chi connectivity index (χ2n) is 5.96. The van der Waals surface area contributed by atoms with Crippen LogP contribution in [0.4, 0.5) is 5.13 Å². The van der Waals surface area contributed by atoms with Gasteiger partial charge in [-0.3, -0.25) is 9.59 Å². The summed E-state index contributed by atoms with van der Waals surface area (Å²) in [4.78, 5) is 28.6. The van der Waals surface area contributed by atoms with E-state index in [-0.39, 0.29) is 23.6 Å². The summed E-state index contributed by atoms with van der Waals surface area (Å²) in [5.74, 6) is 0.884. The SMILES string of the molecule is COc1ccc(C(=O)NCc2nnc(SC(C)C(=O)Nc3nccs3)n2C)cc1. The molecule has 0 saturated heterocycles. The van der Waals surface area contributed by atoms with Gasteiger partial charge in [-0.2, -0.15) is 0 Å². The number of nitrogens with zero attached hydrogens (tertiary/aromatic N) is 4. The van der Waals surface area contributed by atoms with Crippen molar-refractivity contribution in [3.8, 4) is 5.75 Å². The summed E-state index contributed by atoms with van der Waals surface area (Å²) in [6.07, 6.45) is 1.63. The summed E-state index contributed by atoms with van der Waals surface area (Å²) in [5, 5.41) is 16.4. The number of ether oxygens (including phenoxy) is 1. The van der Waals surface area contributed by atoms with Gasteiger partial charge in [0.05, 0.1) is 18.9 Å². The summed E-state index contributed by atoms with van der Waals surface area (Å²) < 4.78 is 6.84. The lowest BCUT2D eigenvalue weighted by Gasteiger charge is -2.10. The Hall–Kier alpha value is -2.92. The molecule has 2 aromatic heterocycles. The number of aromatic nitrogens is 4. The molecule has 1 aromatic carbocycles. The van der Waals surface area contributed by atoms with E-state index in [2.05, 4.69) is 25.8 Å². The van der Waals surface area contributed by atoms with E-state index in [1.54, 1.807) is 61.5 Å². The van der Waals surface area contributed by atoms with Crippen LogP contribution in [0.5, 0.6) is 5.75 Å². The first-order valence-corrected chi connectivity index (χ1v) is 10.4. The van der Waals surface area contributed by atoms with Gasteiger partial charge in [-0.05, 0) is 31.2 Å². The smallest absolute Gasteiger partial charge is 0.251 e. The fourth-order valence-electron chi connectivity index (χ4n) is 2.31. The van der Waals surface area contributed by atoms with E-state index in [1.807, 2.05) is 0 Å². The summed E-state index contributed by atoms with van der Waals surface area (Å²) in [6, 6.07) is 6.83. The number of rotatable bonds is 8. The van der Waals surface area contributed by atoms with Gasteiger partial charge in [0.1, 0.15) is 5.75 Å². The van der Waals surface area contributed by atoms with Crippen LogP contribution in [0.15, 0.2) is 41.0 Å². The Balaban J connectivity index is 1.55. The van der Waals surface area contributed by atoms with Crippen molar-refractivity contribution in [3.05, 3.63) is 47.2 Å². The standard InChI is InChI=1S/C18H20N6O3S2/c1-11(15(25)21-17-19-8-9-28-17)29-18-23-22-14(24(18)2)10-20-16(26)12-4-6-13(27-3)7-5-12/h4-9,11H,10H2,1-3H3,(H,20,26)(H,19,21,25). The van der Waals surface area contributed by atoms with Crippen molar-refractivity contribution in [1.29, 1.82) is 0 Å². The van der Waals surface area contributed by atoms with Crippen LogP contribution in [0.1, 0.15) is 23.1 Å². The summed E-state index contributed by atoms with van der Waals surface area (Å²) in [7, 11) is 3.37. The van der Waals surface area contributed by atoms with E-state index in [1.165, 1.54) is 23.1 Å². The van der Waals surface area contributed by atoms with Gasteiger partial charge in [0.25, 0.3) is 5.91 Å². The molecule has 29 heavy (non-hydrogen) atoms. The van der Waals surface area contributed by atoms with Crippen LogP contribution in [0.25, 0.3) is 0 Å². The lowest BCUT2D eigenvalue weighted by molar-refractivity contribution is -0.115. The minimum Gasteiger partial charge on any atom is -0.497 e. The molecule has 0 aliphatic carbocycles. The minimum atomic E-state index is -0.386. The highest BCUT2D eigenvalue weighted by atomic mass is 32.2. The first-order valence-electron chi connectivity index (χ1n) is 8.65. The number of anilines is 1. The largest absolute Gasteiger partial charge is 0.497 e. The van der Waals surface area contributed by atoms with Crippen LogP contribution >= 0.6 is 23.1 Å². The Morgan fingerprint density at radius 1 is 1.28 bits per heavy atom. The van der Waals surface area contributed by atoms with Gasteiger partial charge < -0.3 is 19.9 Å². The Morgan fingerprint density at radius 2 is 2.03 bits per heavy atom. The Bertz CT molecular complexity index is 972. The number of thiazole rings is 1. The molecule has 0 aliphatic heterocycles. The molecule has 1 atom stereocenters. The third kappa shape index (κ3) is 5.33. The number of benzene rings is 1. The summed E-state index contributed by atoms with van der Waals surface area (Å²) in [5.41, 5.74) is 0.523. The van der Waals surface area contributed by atoms with E-state index in [0.29, 0.717) is 27.4 Å².